The number of anilines is 1. The first kappa shape index (κ1) is 22.1. The van der Waals surface area contributed by atoms with Gasteiger partial charge in [0, 0.05) is 38.1 Å². The number of sulfonamides is 1. The minimum atomic E-state index is -3.73. The molecule has 1 heterocycles. The molecule has 174 valence electrons. The van der Waals surface area contributed by atoms with Crippen molar-refractivity contribution in [3.63, 3.8) is 0 Å². The molecule has 3 aromatic rings. The Bertz CT molecular complexity index is 1290. The van der Waals surface area contributed by atoms with E-state index in [1.807, 2.05) is 18.2 Å². The highest BCUT2D eigenvalue weighted by Gasteiger charge is 2.45. The molecule has 0 amide bonds. The molecule has 2 fully saturated rings. The van der Waals surface area contributed by atoms with Crippen LogP contribution in [0.25, 0.3) is 10.8 Å². The largest absolute Gasteiger partial charge is 0.495 e. The van der Waals surface area contributed by atoms with E-state index in [0.29, 0.717) is 5.75 Å². The number of rotatable bonds is 7. The first-order chi connectivity index (χ1) is 15.9. The highest BCUT2D eigenvalue weighted by molar-refractivity contribution is 7.89. The minimum absolute atomic E-state index is 0.219. The quantitative estimate of drug-likeness (QED) is 0.555. The third-order valence-corrected chi connectivity index (χ3v) is 8.19. The van der Waals surface area contributed by atoms with Crippen LogP contribution in [0.5, 0.6) is 5.75 Å². The van der Waals surface area contributed by atoms with E-state index >= 15 is 0 Å². The number of hydrogen-bond donors (Lipinski definition) is 2. The molecule has 1 saturated carbocycles. The summed E-state index contributed by atoms with van der Waals surface area (Å²) in [5, 5.41) is 5.11. The fourth-order valence-corrected chi connectivity index (χ4v) is 5.85. The van der Waals surface area contributed by atoms with Crippen LogP contribution in [0.15, 0.2) is 59.5 Å². The van der Waals surface area contributed by atoms with Gasteiger partial charge in [0.05, 0.1) is 17.7 Å². The van der Waals surface area contributed by atoms with Crippen LogP contribution in [0.3, 0.4) is 0 Å². The zero-order chi connectivity index (χ0) is 23.1. The standard InChI is InChI=1S/C25H28FN3O3S/c1-32-24-8-7-20(16-23(24)29-13-11-27-12-14-29)33(30,31)28-17-25(9-10-25)22-4-2-3-18-5-6-19(26)15-21(18)22/h2-8,15-16,27-28H,9-14,17H2,1H3. The molecule has 0 spiro atoms. The third-order valence-electron chi connectivity index (χ3n) is 6.79. The van der Waals surface area contributed by atoms with Crippen LogP contribution in [0.2, 0.25) is 0 Å². The second-order valence-corrected chi connectivity index (χ2v) is 10.6. The Morgan fingerprint density at radius 2 is 1.88 bits per heavy atom. The van der Waals surface area contributed by atoms with Gasteiger partial charge in [0.2, 0.25) is 10.0 Å². The van der Waals surface area contributed by atoms with Gasteiger partial charge in [-0.05, 0) is 59.5 Å². The average Bonchev–Trinajstić information content (AvgIpc) is 3.63. The molecule has 5 rings (SSSR count). The lowest BCUT2D eigenvalue weighted by Gasteiger charge is -2.31. The summed E-state index contributed by atoms with van der Waals surface area (Å²) in [5.41, 5.74) is 1.47. The van der Waals surface area contributed by atoms with E-state index < -0.39 is 10.0 Å². The van der Waals surface area contributed by atoms with Crippen molar-refractivity contribution in [1.29, 1.82) is 0 Å². The number of benzene rings is 3. The number of nitrogens with one attached hydrogen (secondary N) is 2. The van der Waals surface area contributed by atoms with E-state index in [1.165, 1.54) is 6.07 Å². The van der Waals surface area contributed by atoms with Crippen molar-refractivity contribution in [2.24, 2.45) is 0 Å². The van der Waals surface area contributed by atoms with Gasteiger partial charge in [-0.3, -0.25) is 0 Å². The number of piperazine rings is 1. The van der Waals surface area contributed by atoms with E-state index in [4.69, 9.17) is 4.74 Å². The smallest absolute Gasteiger partial charge is 0.240 e. The molecular weight excluding hydrogens is 441 g/mol. The van der Waals surface area contributed by atoms with Gasteiger partial charge in [0.15, 0.2) is 0 Å². The summed E-state index contributed by atoms with van der Waals surface area (Å²) in [6.45, 7) is 3.53. The molecular formula is C25H28FN3O3S. The molecule has 0 atom stereocenters. The molecule has 3 aromatic carbocycles. The third kappa shape index (κ3) is 4.30. The van der Waals surface area contributed by atoms with Crippen molar-refractivity contribution < 1.29 is 17.5 Å². The molecule has 6 nitrogen and oxygen atoms in total. The summed E-state index contributed by atoms with van der Waals surface area (Å²) >= 11 is 0. The Morgan fingerprint density at radius 1 is 1.09 bits per heavy atom. The molecule has 8 heteroatoms. The zero-order valence-electron chi connectivity index (χ0n) is 18.6. The zero-order valence-corrected chi connectivity index (χ0v) is 19.4. The van der Waals surface area contributed by atoms with Crippen LogP contribution < -0.4 is 19.7 Å². The second-order valence-electron chi connectivity index (χ2n) is 8.85. The summed E-state index contributed by atoms with van der Waals surface area (Å²) in [6, 6.07) is 15.6. The Kier molecular flexibility index (Phi) is 5.76. The van der Waals surface area contributed by atoms with Gasteiger partial charge >= 0.3 is 0 Å². The molecule has 0 aromatic heterocycles. The predicted molar refractivity (Wildman–Crippen MR) is 128 cm³/mol. The van der Waals surface area contributed by atoms with Gasteiger partial charge in [-0.25, -0.2) is 17.5 Å². The Morgan fingerprint density at radius 3 is 2.61 bits per heavy atom. The average molecular weight is 470 g/mol. The van der Waals surface area contributed by atoms with Gasteiger partial charge in [0.1, 0.15) is 11.6 Å². The van der Waals surface area contributed by atoms with E-state index in [9.17, 15) is 12.8 Å². The number of ether oxygens (including phenoxy) is 1. The van der Waals surface area contributed by atoms with Gasteiger partial charge in [-0.15, -0.1) is 0 Å². The van der Waals surface area contributed by atoms with Crippen molar-refractivity contribution in [1.82, 2.24) is 10.0 Å². The fourth-order valence-electron chi connectivity index (χ4n) is 4.71. The molecule has 0 bridgehead atoms. The molecule has 0 unspecified atom stereocenters. The molecule has 1 aliphatic heterocycles. The molecule has 0 radical (unpaired) electrons. The van der Waals surface area contributed by atoms with Gasteiger partial charge < -0.3 is 15.0 Å². The molecule has 2 aliphatic rings. The van der Waals surface area contributed by atoms with Gasteiger partial charge in [0.25, 0.3) is 0 Å². The van der Waals surface area contributed by atoms with E-state index in [1.54, 1.807) is 37.4 Å². The van der Waals surface area contributed by atoms with Crippen LogP contribution in [0.4, 0.5) is 10.1 Å². The van der Waals surface area contributed by atoms with Crippen molar-refractivity contribution in [2.75, 3.05) is 44.7 Å². The monoisotopic (exact) mass is 469 g/mol. The Balaban J connectivity index is 1.41. The molecule has 1 aliphatic carbocycles. The Labute approximate surface area is 193 Å². The normalized spacial score (nSPS) is 17.8. The number of methoxy groups -OCH3 is 1. The molecule has 1 saturated heterocycles. The maximum atomic E-state index is 13.9. The SMILES string of the molecule is COc1ccc(S(=O)(=O)NCC2(c3cccc4ccc(F)cc34)CC2)cc1N1CCNCC1. The van der Waals surface area contributed by atoms with Crippen LogP contribution in [-0.4, -0.2) is 48.3 Å². The maximum absolute atomic E-state index is 13.9. The Hall–Kier alpha value is -2.68. The molecule has 33 heavy (non-hydrogen) atoms. The van der Waals surface area contributed by atoms with Gasteiger partial charge in [-0.2, -0.15) is 0 Å². The predicted octanol–water partition coefficient (Wildman–Crippen LogP) is 3.41. The number of halogens is 1. The lowest BCUT2D eigenvalue weighted by Crippen LogP contribution is -2.43. The van der Waals surface area contributed by atoms with Gasteiger partial charge in [-0.1, -0.05) is 24.3 Å². The second kappa shape index (κ2) is 8.59. The lowest BCUT2D eigenvalue weighted by molar-refractivity contribution is 0.412. The number of nitrogens with zero attached hydrogens (tertiary/aromatic N) is 1. The number of fused-ring (bicyclic) bond motifs is 1. The summed E-state index contributed by atoms with van der Waals surface area (Å²) in [7, 11) is -2.14. The van der Waals surface area contributed by atoms with Crippen molar-refractivity contribution in [3.8, 4) is 5.75 Å². The van der Waals surface area contributed by atoms with Crippen molar-refractivity contribution in [3.05, 3.63) is 66.0 Å². The lowest BCUT2D eigenvalue weighted by atomic mass is 9.91. The van der Waals surface area contributed by atoms with E-state index in [2.05, 4.69) is 14.9 Å². The van der Waals surface area contributed by atoms with Crippen LogP contribution in [-0.2, 0) is 15.4 Å². The topological polar surface area (TPSA) is 70.7 Å². The van der Waals surface area contributed by atoms with Crippen molar-refractivity contribution in [2.45, 2.75) is 23.2 Å². The summed E-state index contributed by atoms with van der Waals surface area (Å²) < 4.78 is 48.8. The minimum Gasteiger partial charge on any atom is -0.495 e. The highest BCUT2D eigenvalue weighted by atomic mass is 32.2. The van der Waals surface area contributed by atoms with Crippen molar-refractivity contribution >= 4 is 26.5 Å². The van der Waals surface area contributed by atoms with Crippen LogP contribution in [0, 0.1) is 5.82 Å². The molecule has 2 N–H and O–H groups in total. The summed E-state index contributed by atoms with van der Waals surface area (Å²) in [6.07, 6.45) is 1.72. The first-order valence-electron chi connectivity index (χ1n) is 11.2. The first-order valence-corrected chi connectivity index (χ1v) is 12.7. The fraction of sp³-hybridized carbons (Fsp3) is 0.360. The van der Waals surface area contributed by atoms with E-state index in [-0.39, 0.29) is 22.7 Å². The van der Waals surface area contributed by atoms with Crippen LogP contribution in [0.1, 0.15) is 18.4 Å². The van der Waals surface area contributed by atoms with Crippen LogP contribution >= 0.6 is 0 Å². The number of hydrogen-bond acceptors (Lipinski definition) is 5. The highest BCUT2D eigenvalue weighted by Crippen LogP contribution is 2.50. The summed E-state index contributed by atoms with van der Waals surface area (Å²) in [5.74, 6) is 0.373. The summed E-state index contributed by atoms with van der Waals surface area (Å²) in [4.78, 5) is 2.36. The maximum Gasteiger partial charge on any atom is 0.240 e. The van der Waals surface area contributed by atoms with E-state index in [0.717, 1.165) is 61.0 Å².